The molecule has 0 spiro atoms. The summed E-state index contributed by atoms with van der Waals surface area (Å²) in [7, 11) is 1.79. The molecule has 114 valence electrons. The molecule has 3 atom stereocenters. The van der Waals surface area contributed by atoms with Gasteiger partial charge in [-0.25, -0.2) is 0 Å². The molecular formula is C16H34N2O. The van der Waals surface area contributed by atoms with E-state index in [1.165, 1.54) is 32.2 Å². The maximum absolute atomic E-state index is 5.22. The zero-order valence-electron chi connectivity index (χ0n) is 13.5. The van der Waals surface area contributed by atoms with Crippen molar-refractivity contribution < 1.29 is 4.74 Å². The standard InChI is InChI=1S/C16H34N2O/c1-5-14-8-9-16(17-6-2)15(12-14)13-18(7-3)10-11-19-4/h14-17H,5-13H2,1-4H3. The summed E-state index contributed by atoms with van der Waals surface area (Å²) in [5, 5.41) is 3.71. The first kappa shape index (κ1) is 16.9. The van der Waals surface area contributed by atoms with Crippen LogP contribution >= 0.6 is 0 Å². The van der Waals surface area contributed by atoms with Gasteiger partial charge in [0.05, 0.1) is 6.61 Å². The number of rotatable bonds is 9. The molecule has 0 aromatic rings. The molecule has 3 heteroatoms. The number of likely N-dealkylation sites (N-methyl/N-ethyl adjacent to an activating group) is 1. The van der Waals surface area contributed by atoms with Crippen LogP contribution in [0.25, 0.3) is 0 Å². The van der Waals surface area contributed by atoms with Crippen LogP contribution in [0.4, 0.5) is 0 Å². The fraction of sp³-hybridized carbons (Fsp3) is 1.00. The highest BCUT2D eigenvalue weighted by atomic mass is 16.5. The molecule has 1 fully saturated rings. The molecule has 19 heavy (non-hydrogen) atoms. The first-order valence-electron chi connectivity index (χ1n) is 8.19. The highest BCUT2D eigenvalue weighted by molar-refractivity contribution is 4.86. The van der Waals surface area contributed by atoms with Crippen LogP contribution in [0, 0.1) is 11.8 Å². The molecule has 0 bridgehead atoms. The molecule has 0 radical (unpaired) electrons. The predicted molar refractivity (Wildman–Crippen MR) is 82.6 cm³/mol. The molecule has 1 aliphatic rings. The second kappa shape index (κ2) is 9.73. The molecule has 0 heterocycles. The monoisotopic (exact) mass is 270 g/mol. The van der Waals surface area contributed by atoms with E-state index in [9.17, 15) is 0 Å². The summed E-state index contributed by atoms with van der Waals surface area (Å²) in [6.45, 7) is 12.2. The topological polar surface area (TPSA) is 24.5 Å². The lowest BCUT2D eigenvalue weighted by Gasteiger charge is -2.39. The summed E-state index contributed by atoms with van der Waals surface area (Å²) in [6, 6.07) is 0.726. The van der Waals surface area contributed by atoms with Crippen molar-refractivity contribution in [3.05, 3.63) is 0 Å². The SMILES string of the molecule is CCNC1CCC(CC)CC1CN(CC)CCOC. The third-order valence-electron chi connectivity index (χ3n) is 4.69. The lowest BCUT2D eigenvalue weighted by Crippen LogP contribution is -2.46. The molecular weight excluding hydrogens is 236 g/mol. The van der Waals surface area contributed by atoms with Crippen molar-refractivity contribution in [2.75, 3.05) is 39.9 Å². The number of methoxy groups -OCH3 is 1. The van der Waals surface area contributed by atoms with Crippen LogP contribution in [0.15, 0.2) is 0 Å². The van der Waals surface area contributed by atoms with Crippen LogP contribution in [0.5, 0.6) is 0 Å². The smallest absolute Gasteiger partial charge is 0.0589 e. The Kier molecular flexibility index (Phi) is 8.67. The minimum atomic E-state index is 0.726. The van der Waals surface area contributed by atoms with Gasteiger partial charge in [-0.1, -0.05) is 27.2 Å². The molecule has 3 unspecified atom stereocenters. The fourth-order valence-electron chi connectivity index (χ4n) is 3.40. The van der Waals surface area contributed by atoms with Gasteiger partial charge in [-0.05, 0) is 44.2 Å². The van der Waals surface area contributed by atoms with E-state index in [1.807, 2.05) is 0 Å². The van der Waals surface area contributed by atoms with Gasteiger partial charge in [0.2, 0.25) is 0 Å². The van der Waals surface area contributed by atoms with E-state index in [4.69, 9.17) is 4.74 Å². The Morgan fingerprint density at radius 3 is 2.58 bits per heavy atom. The Morgan fingerprint density at radius 2 is 2.00 bits per heavy atom. The molecule has 0 aliphatic heterocycles. The normalized spacial score (nSPS) is 27.9. The van der Waals surface area contributed by atoms with Gasteiger partial charge in [-0.3, -0.25) is 0 Å². The molecule has 0 aromatic carbocycles. The minimum Gasteiger partial charge on any atom is -0.383 e. The van der Waals surface area contributed by atoms with Crippen molar-refractivity contribution in [2.45, 2.75) is 52.5 Å². The van der Waals surface area contributed by atoms with Gasteiger partial charge in [-0.2, -0.15) is 0 Å². The van der Waals surface area contributed by atoms with Gasteiger partial charge in [0, 0.05) is 26.2 Å². The van der Waals surface area contributed by atoms with E-state index in [1.54, 1.807) is 7.11 Å². The maximum atomic E-state index is 5.22. The highest BCUT2D eigenvalue weighted by Gasteiger charge is 2.30. The Hall–Kier alpha value is -0.120. The van der Waals surface area contributed by atoms with Crippen LogP contribution in [-0.4, -0.2) is 50.8 Å². The van der Waals surface area contributed by atoms with Gasteiger partial charge in [0.1, 0.15) is 0 Å². The molecule has 1 aliphatic carbocycles. The lowest BCUT2D eigenvalue weighted by atomic mass is 9.76. The minimum absolute atomic E-state index is 0.726. The zero-order chi connectivity index (χ0) is 14.1. The van der Waals surface area contributed by atoms with Crippen molar-refractivity contribution in [3.8, 4) is 0 Å². The largest absolute Gasteiger partial charge is 0.383 e. The van der Waals surface area contributed by atoms with Crippen molar-refractivity contribution in [2.24, 2.45) is 11.8 Å². The lowest BCUT2D eigenvalue weighted by molar-refractivity contribution is 0.109. The van der Waals surface area contributed by atoms with Crippen LogP contribution in [0.2, 0.25) is 0 Å². The average Bonchev–Trinajstić information content (AvgIpc) is 2.45. The summed E-state index contributed by atoms with van der Waals surface area (Å²) in [6.07, 6.45) is 5.52. The Bertz CT molecular complexity index is 223. The number of hydrogen-bond donors (Lipinski definition) is 1. The molecule has 1 saturated carbocycles. The molecule has 0 saturated heterocycles. The van der Waals surface area contributed by atoms with Crippen LogP contribution < -0.4 is 5.32 Å². The molecule has 3 nitrogen and oxygen atoms in total. The quantitative estimate of drug-likeness (QED) is 0.697. The van der Waals surface area contributed by atoms with E-state index >= 15 is 0 Å². The van der Waals surface area contributed by atoms with Crippen molar-refractivity contribution >= 4 is 0 Å². The summed E-state index contributed by atoms with van der Waals surface area (Å²) in [5.41, 5.74) is 0. The zero-order valence-corrected chi connectivity index (χ0v) is 13.5. The third-order valence-corrected chi connectivity index (χ3v) is 4.69. The Morgan fingerprint density at radius 1 is 1.21 bits per heavy atom. The number of hydrogen-bond acceptors (Lipinski definition) is 3. The van der Waals surface area contributed by atoms with Gasteiger partial charge in [-0.15, -0.1) is 0 Å². The van der Waals surface area contributed by atoms with Crippen LogP contribution in [-0.2, 0) is 4.74 Å². The van der Waals surface area contributed by atoms with Crippen LogP contribution in [0.3, 0.4) is 0 Å². The van der Waals surface area contributed by atoms with E-state index < -0.39 is 0 Å². The Balaban J connectivity index is 2.51. The number of nitrogens with one attached hydrogen (secondary N) is 1. The number of nitrogens with zero attached hydrogens (tertiary/aromatic N) is 1. The molecule has 0 amide bonds. The van der Waals surface area contributed by atoms with Gasteiger partial charge < -0.3 is 15.0 Å². The summed E-state index contributed by atoms with van der Waals surface area (Å²) in [5.74, 6) is 1.76. The van der Waals surface area contributed by atoms with Gasteiger partial charge in [0.25, 0.3) is 0 Å². The van der Waals surface area contributed by atoms with Crippen molar-refractivity contribution in [3.63, 3.8) is 0 Å². The number of ether oxygens (including phenoxy) is 1. The van der Waals surface area contributed by atoms with E-state index in [0.717, 1.165) is 44.1 Å². The second-order valence-corrected chi connectivity index (χ2v) is 5.90. The van der Waals surface area contributed by atoms with Gasteiger partial charge >= 0.3 is 0 Å². The first-order valence-corrected chi connectivity index (χ1v) is 8.19. The van der Waals surface area contributed by atoms with E-state index in [-0.39, 0.29) is 0 Å². The highest BCUT2D eigenvalue weighted by Crippen LogP contribution is 2.31. The second-order valence-electron chi connectivity index (χ2n) is 5.90. The summed E-state index contributed by atoms with van der Waals surface area (Å²) >= 11 is 0. The van der Waals surface area contributed by atoms with Gasteiger partial charge in [0.15, 0.2) is 0 Å². The molecule has 1 N–H and O–H groups in total. The Labute approximate surface area is 120 Å². The maximum Gasteiger partial charge on any atom is 0.0589 e. The first-order chi connectivity index (χ1) is 9.24. The molecule has 1 rings (SSSR count). The molecule has 0 aromatic heterocycles. The van der Waals surface area contributed by atoms with E-state index in [0.29, 0.717) is 0 Å². The van der Waals surface area contributed by atoms with Crippen molar-refractivity contribution in [1.29, 1.82) is 0 Å². The predicted octanol–water partition coefficient (Wildman–Crippen LogP) is 2.76. The van der Waals surface area contributed by atoms with Crippen molar-refractivity contribution in [1.82, 2.24) is 10.2 Å². The van der Waals surface area contributed by atoms with Crippen LogP contribution in [0.1, 0.15) is 46.5 Å². The summed E-state index contributed by atoms with van der Waals surface area (Å²) < 4.78 is 5.22. The van der Waals surface area contributed by atoms with E-state index in [2.05, 4.69) is 31.0 Å². The third kappa shape index (κ3) is 5.80. The summed E-state index contributed by atoms with van der Waals surface area (Å²) in [4.78, 5) is 2.55. The fourth-order valence-corrected chi connectivity index (χ4v) is 3.40. The average molecular weight is 270 g/mol.